The van der Waals surface area contributed by atoms with Crippen LogP contribution in [-0.2, 0) is 11.3 Å². The van der Waals surface area contributed by atoms with Crippen molar-refractivity contribution in [2.45, 2.75) is 6.54 Å². The molecular weight excluding hydrogens is 280 g/mol. The van der Waals surface area contributed by atoms with Gasteiger partial charge in [0, 0.05) is 30.2 Å². The first-order valence-corrected chi connectivity index (χ1v) is 6.71. The van der Waals surface area contributed by atoms with Gasteiger partial charge >= 0.3 is 5.97 Å². The molecule has 1 rings (SSSR count). The molecule has 0 heterocycles. The smallest absolute Gasteiger partial charge is 0.317 e. The fraction of sp³-hybridized carbons (Fsp3) is 0.500. The molecular formula is C14H21ClN2O3. The third-order valence-corrected chi connectivity index (χ3v) is 3.09. The molecule has 0 radical (unpaired) electrons. The number of hydrogen-bond acceptors (Lipinski definition) is 4. The lowest BCUT2D eigenvalue weighted by Gasteiger charge is -2.23. The Morgan fingerprint density at radius 3 is 2.60 bits per heavy atom. The highest BCUT2D eigenvalue weighted by Gasteiger charge is 2.13. The normalized spacial score (nSPS) is 11.1. The van der Waals surface area contributed by atoms with Gasteiger partial charge in [0.05, 0.1) is 13.7 Å². The number of benzene rings is 1. The fourth-order valence-corrected chi connectivity index (χ4v) is 2.05. The zero-order valence-electron chi connectivity index (χ0n) is 12.1. The molecule has 0 saturated carbocycles. The summed E-state index contributed by atoms with van der Waals surface area (Å²) in [5.41, 5.74) is 0.889. The maximum atomic E-state index is 11.0. The van der Waals surface area contributed by atoms with Gasteiger partial charge in [0.1, 0.15) is 5.75 Å². The Balaban J connectivity index is 2.82. The lowest BCUT2D eigenvalue weighted by Crippen LogP contribution is -2.35. The monoisotopic (exact) mass is 300 g/mol. The Hall–Kier alpha value is -1.30. The van der Waals surface area contributed by atoms with Crippen LogP contribution in [-0.4, -0.2) is 61.7 Å². The van der Waals surface area contributed by atoms with Gasteiger partial charge in [-0.15, -0.1) is 0 Å². The van der Waals surface area contributed by atoms with Gasteiger partial charge in [-0.3, -0.25) is 9.69 Å². The molecule has 0 unspecified atom stereocenters. The van der Waals surface area contributed by atoms with Crippen molar-refractivity contribution in [3.63, 3.8) is 0 Å². The number of carbonyl (C=O) groups is 1. The van der Waals surface area contributed by atoms with Crippen LogP contribution in [0.25, 0.3) is 0 Å². The largest absolute Gasteiger partial charge is 0.496 e. The van der Waals surface area contributed by atoms with E-state index in [-0.39, 0.29) is 6.54 Å². The average Bonchev–Trinajstić information content (AvgIpc) is 2.35. The molecule has 6 heteroatoms. The number of rotatable bonds is 8. The van der Waals surface area contributed by atoms with Crippen molar-refractivity contribution in [3.05, 3.63) is 28.8 Å². The molecule has 0 atom stereocenters. The van der Waals surface area contributed by atoms with E-state index in [2.05, 4.69) is 0 Å². The standard InChI is InChI=1S/C14H21ClN2O3/c1-16(2)6-7-17(10-14(18)19)9-11-8-12(15)4-5-13(11)20-3/h4-5,8H,6-7,9-10H2,1-3H3,(H,18,19). The van der Waals surface area contributed by atoms with Gasteiger partial charge in [0.25, 0.3) is 0 Å². The van der Waals surface area contributed by atoms with Crippen LogP contribution in [0.4, 0.5) is 0 Å². The van der Waals surface area contributed by atoms with Crippen molar-refractivity contribution in [2.75, 3.05) is 40.8 Å². The Labute approximate surface area is 124 Å². The number of ether oxygens (including phenoxy) is 1. The number of carboxylic acids is 1. The summed E-state index contributed by atoms with van der Waals surface area (Å²) < 4.78 is 5.29. The highest BCUT2D eigenvalue weighted by Crippen LogP contribution is 2.23. The van der Waals surface area contributed by atoms with Gasteiger partial charge in [-0.05, 0) is 32.3 Å². The molecule has 1 aromatic carbocycles. The van der Waals surface area contributed by atoms with Gasteiger partial charge in [-0.1, -0.05) is 11.6 Å². The van der Waals surface area contributed by atoms with Crippen LogP contribution in [0.1, 0.15) is 5.56 Å². The van der Waals surface area contributed by atoms with Crippen LogP contribution >= 0.6 is 11.6 Å². The minimum atomic E-state index is -0.843. The zero-order valence-corrected chi connectivity index (χ0v) is 12.9. The van der Waals surface area contributed by atoms with Crippen LogP contribution in [0.3, 0.4) is 0 Å². The van der Waals surface area contributed by atoms with Crippen LogP contribution in [0.15, 0.2) is 18.2 Å². The van der Waals surface area contributed by atoms with E-state index in [9.17, 15) is 4.79 Å². The highest BCUT2D eigenvalue weighted by atomic mass is 35.5. The van der Waals surface area contributed by atoms with Crippen LogP contribution in [0.5, 0.6) is 5.75 Å². The summed E-state index contributed by atoms with van der Waals surface area (Å²) in [6, 6.07) is 5.36. The summed E-state index contributed by atoms with van der Waals surface area (Å²) in [6.45, 7) is 1.93. The maximum absolute atomic E-state index is 11.0. The molecule has 0 fully saturated rings. The van der Waals surface area contributed by atoms with Gasteiger partial charge in [-0.25, -0.2) is 0 Å². The predicted molar refractivity (Wildman–Crippen MR) is 79.5 cm³/mol. The van der Waals surface area contributed by atoms with Gasteiger partial charge < -0.3 is 14.7 Å². The molecule has 20 heavy (non-hydrogen) atoms. The fourth-order valence-electron chi connectivity index (χ4n) is 1.86. The third-order valence-electron chi connectivity index (χ3n) is 2.86. The minimum absolute atomic E-state index is 0.0104. The summed E-state index contributed by atoms with van der Waals surface area (Å²) in [5, 5.41) is 9.61. The number of halogens is 1. The Morgan fingerprint density at radius 1 is 1.35 bits per heavy atom. The van der Waals surface area contributed by atoms with Gasteiger partial charge in [0.15, 0.2) is 0 Å². The predicted octanol–water partition coefficient (Wildman–Crippen LogP) is 1.80. The molecule has 0 aliphatic heterocycles. The number of methoxy groups -OCH3 is 1. The van der Waals surface area contributed by atoms with E-state index in [1.807, 2.05) is 30.0 Å². The summed E-state index contributed by atoms with van der Waals surface area (Å²) in [7, 11) is 5.51. The minimum Gasteiger partial charge on any atom is -0.496 e. The van der Waals surface area contributed by atoms with E-state index >= 15 is 0 Å². The van der Waals surface area contributed by atoms with Gasteiger partial charge in [0.2, 0.25) is 0 Å². The molecule has 1 aromatic rings. The molecule has 5 nitrogen and oxygen atoms in total. The molecule has 0 bridgehead atoms. The van der Waals surface area contributed by atoms with Crippen molar-refractivity contribution in [1.82, 2.24) is 9.80 Å². The summed E-state index contributed by atoms with van der Waals surface area (Å²) in [6.07, 6.45) is 0. The van der Waals surface area contributed by atoms with Crippen molar-refractivity contribution < 1.29 is 14.6 Å². The molecule has 0 aliphatic rings. The van der Waals surface area contributed by atoms with Crippen LogP contribution in [0, 0.1) is 0 Å². The lowest BCUT2D eigenvalue weighted by molar-refractivity contribution is -0.138. The third kappa shape index (κ3) is 5.77. The van der Waals surface area contributed by atoms with E-state index in [1.165, 1.54) is 0 Å². The van der Waals surface area contributed by atoms with E-state index in [4.69, 9.17) is 21.4 Å². The topological polar surface area (TPSA) is 53.0 Å². The number of carboxylic acid groups (broad SMARTS) is 1. The maximum Gasteiger partial charge on any atom is 0.317 e. The number of aliphatic carboxylic acids is 1. The van der Waals surface area contributed by atoms with E-state index in [1.54, 1.807) is 19.2 Å². The Morgan fingerprint density at radius 2 is 2.05 bits per heavy atom. The molecule has 0 amide bonds. The first kappa shape index (κ1) is 16.8. The van der Waals surface area contributed by atoms with E-state index in [0.717, 1.165) is 17.9 Å². The van der Waals surface area contributed by atoms with Crippen molar-refractivity contribution >= 4 is 17.6 Å². The zero-order chi connectivity index (χ0) is 15.1. The van der Waals surface area contributed by atoms with Crippen molar-refractivity contribution in [1.29, 1.82) is 0 Å². The Bertz CT molecular complexity index is 452. The number of nitrogens with zero attached hydrogens (tertiary/aromatic N) is 2. The quantitative estimate of drug-likeness (QED) is 0.793. The SMILES string of the molecule is COc1ccc(Cl)cc1CN(CCN(C)C)CC(=O)O. The number of likely N-dealkylation sites (N-methyl/N-ethyl adjacent to an activating group) is 1. The summed E-state index contributed by atoms with van der Waals surface area (Å²) >= 11 is 5.99. The summed E-state index contributed by atoms with van der Waals surface area (Å²) in [5.74, 6) is -0.126. The van der Waals surface area contributed by atoms with Crippen LogP contribution in [0.2, 0.25) is 5.02 Å². The lowest BCUT2D eigenvalue weighted by atomic mass is 10.2. The van der Waals surface area contributed by atoms with Crippen molar-refractivity contribution in [2.24, 2.45) is 0 Å². The van der Waals surface area contributed by atoms with E-state index in [0.29, 0.717) is 18.1 Å². The van der Waals surface area contributed by atoms with E-state index < -0.39 is 5.97 Å². The number of hydrogen-bond donors (Lipinski definition) is 1. The second-order valence-corrected chi connectivity index (χ2v) is 5.30. The second kappa shape index (κ2) is 8.09. The molecule has 112 valence electrons. The highest BCUT2D eigenvalue weighted by molar-refractivity contribution is 6.30. The molecule has 0 aliphatic carbocycles. The van der Waals surface area contributed by atoms with Crippen LogP contribution < -0.4 is 4.74 Å². The first-order valence-electron chi connectivity index (χ1n) is 6.33. The molecule has 0 saturated heterocycles. The van der Waals surface area contributed by atoms with Gasteiger partial charge in [-0.2, -0.15) is 0 Å². The van der Waals surface area contributed by atoms with Crippen molar-refractivity contribution in [3.8, 4) is 5.75 Å². The molecule has 0 spiro atoms. The molecule has 0 aromatic heterocycles. The Kier molecular flexibility index (Phi) is 6.78. The second-order valence-electron chi connectivity index (χ2n) is 4.86. The first-order chi connectivity index (χ1) is 9.42. The molecule has 1 N–H and O–H groups in total. The summed E-state index contributed by atoms with van der Waals surface area (Å²) in [4.78, 5) is 14.8. The average molecular weight is 301 g/mol.